The Morgan fingerprint density at radius 3 is 2.50 bits per heavy atom. The summed E-state index contributed by atoms with van der Waals surface area (Å²) in [6.07, 6.45) is 0. The molecule has 0 aliphatic carbocycles. The fourth-order valence-electron chi connectivity index (χ4n) is 3.07. The van der Waals surface area contributed by atoms with Crippen LogP contribution in [0.2, 0.25) is 0 Å². The zero-order valence-electron chi connectivity index (χ0n) is 16.8. The lowest BCUT2D eigenvalue weighted by molar-refractivity contribution is -0.135. The SMILES string of the molecule is Cc1nc(-c2nc3cc(Oc4c(Br)cc(C(=O)NCC(=O)O)cc4Br)ccc3[nH]2)c(C)o1. The fourth-order valence-corrected chi connectivity index (χ4v) is 4.42. The molecule has 0 unspecified atom stereocenters. The van der Waals surface area contributed by atoms with E-state index in [2.05, 4.69) is 52.1 Å². The first kappa shape index (κ1) is 22.0. The summed E-state index contributed by atoms with van der Waals surface area (Å²) in [5.74, 6) is 1.21. The summed E-state index contributed by atoms with van der Waals surface area (Å²) < 4.78 is 12.5. The fraction of sp³-hybridized carbons (Fsp3) is 0.143. The predicted molar refractivity (Wildman–Crippen MR) is 123 cm³/mol. The lowest BCUT2D eigenvalue weighted by Gasteiger charge is -2.12. The first-order valence-electron chi connectivity index (χ1n) is 9.32. The number of fused-ring (bicyclic) bond motifs is 1. The molecule has 2 aromatic heterocycles. The van der Waals surface area contributed by atoms with Crippen LogP contribution in [0.3, 0.4) is 0 Å². The van der Waals surface area contributed by atoms with Crippen molar-refractivity contribution in [3.63, 3.8) is 0 Å². The van der Waals surface area contributed by atoms with E-state index in [1.54, 1.807) is 31.2 Å². The number of carbonyl (C=O) groups excluding carboxylic acids is 1. The van der Waals surface area contributed by atoms with Crippen LogP contribution in [0.1, 0.15) is 22.0 Å². The monoisotopic (exact) mass is 562 g/mol. The van der Waals surface area contributed by atoms with Crippen molar-refractivity contribution in [2.45, 2.75) is 13.8 Å². The number of nitrogens with one attached hydrogen (secondary N) is 2. The Morgan fingerprint density at radius 2 is 1.88 bits per heavy atom. The van der Waals surface area contributed by atoms with Gasteiger partial charge in [0.2, 0.25) is 0 Å². The maximum absolute atomic E-state index is 12.1. The second kappa shape index (κ2) is 8.75. The molecule has 11 heteroatoms. The summed E-state index contributed by atoms with van der Waals surface area (Å²) >= 11 is 6.81. The maximum Gasteiger partial charge on any atom is 0.322 e. The Kier molecular flexibility index (Phi) is 6.02. The van der Waals surface area contributed by atoms with E-state index < -0.39 is 18.4 Å². The zero-order chi connectivity index (χ0) is 23.0. The van der Waals surface area contributed by atoms with Crippen molar-refractivity contribution in [2.75, 3.05) is 6.54 Å². The number of carboxylic acids is 1. The van der Waals surface area contributed by atoms with Crippen LogP contribution in [0.4, 0.5) is 0 Å². The number of nitrogens with zero attached hydrogens (tertiary/aromatic N) is 2. The minimum Gasteiger partial charge on any atom is -0.480 e. The first-order valence-corrected chi connectivity index (χ1v) is 10.9. The standard InChI is InChI=1S/C21H16Br2N4O5/c1-9-18(25-10(2)31-9)20-26-15-4-3-12(7-16(15)27-20)32-19-13(22)5-11(6-14(19)23)21(30)24-8-17(28)29/h3-7H,8H2,1-2H3,(H,24,30)(H,26,27)(H,28,29). The number of hydrogen-bond acceptors (Lipinski definition) is 6. The van der Waals surface area contributed by atoms with E-state index in [0.29, 0.717) is 49.1 Å². The van der Waals surface area contributed by atoms with Gasteiger partial charge in [-0.05, 0) is 63.0 Å². The number of carbonyl (C=O) groups is 2. The van der Waals surface area contributed by atoms with Crippen molar-refractivity contribution in [2.24, 2.45) is 0 Å². The topological polar surface area (TPSA) is 130 Å². The molecular formula is C21H16Br2N4O5. The maximum atomic E-state index is 12.1. The van der Waals surface area contributed by atoms with Crippen LogP contribution in [-0.2, 0) is 4.79 Å². The molecule has 2 aromatic carbocycles. The highest BCUT2D eigenvalue weighted by molar-refractivity contribution is 9.11. The molecule has 0 spiro atoms. The van der Waals surface area contributed by atoms with Gasteiger partial charge in [0, 0.05) is 18.6 Å². The largest absolute Gasteiger partial charge is 0.480 e. The van der Waals surface area contributed by atoms with E-state index in [1.807, 2.05) is 13.0 Å². The number of aliphatic carboxylic acids is 1. The Labute approximate surface area is 198 Å². The molecule has 9 nitrogen and oxygen atoms in total. The molecule has 32 heavy (non-hydrogen) atoms. The summed E-state index contributed by atoms with van der Waals surface area (Å²) in [5.41, 5.74) is 2.44. The quantitative estimate of drug-likeness (QED) is 0.302. The van der Waals surface area contributed by atoms with Crippen LogP contribution < -0.4 is 10.1 Å². The van der Waals surface area contributed by atoms with Gasteiger partial charge in [0.15, 0.2) is 17.5 Å². The van der Waals surface area contributed by atoms with Gasteiger partial charge in [-0.1, -0.05) is 0 Å². The predicted octanol–water partition coefficient (Wildman–Crippen LogP) is 4.97. The van der Waals surface area contributed by atoms with Crippen molar-refractivity contribution in [3.05, 3.63) is 56.5 Å². The number of rotatable bonds is 6. The van der Waals surface area contributed by atoms with Gasteiger partial charge in [0.25, 0.3) is 5.91 Å². The number of aromatic nitrogens is 3. The van der Waals surface area contributed by atoms with Gasteiger partial charge in [-0.25, -0.2) is 9.97 Å². The first-order chi connectivity index (χ1) is 15.2. The number of amides is 1. The van der Waals surface area contributed by atoms with Crippen molar-refractivity contribution < 1.29 is 23.8 Å². The molecule has 4 aromatic rings. The number of H-pyrrole nitrogens is 1. The summed E-state index contributed by atoms with van der Waals surface area (Å²) in [5, 5.41) is 11.0. The van der Waals surface area contributed by atoms with Crippen LogP contribution >= 0.6 is 31.9 Å². The smallest absolute Gasteiger partial charge is 0.322 e. The second-order valence-electron chi connectivity index (χ2n) is 6.85. The number of oxazole rings is 1. The third kappa shape index (κ3) is 4.53. The van der Waals surface area contributed by atoms with Crippen LogP contribution in [0, 0.1) is 13.8 Å². The van der Waals surface area contributed by atoms with Gasteiger partial charge in [-0.3, -0.25) is 9.59 Å². The average Bonchev–Trinajstić information content (AvgIpc) is 3.30. The lowest BCUT2D eigenvalue weighted by atomic mass is 10.2. The lowest BCUT2D eigenvalue weighted by Crippen LogP contribution is -2.29. The minimum absolute atomic E-state index is 0.281. The van der Waals surface area contributed by atoms with E-state index in [4.69, 9.17) is 14.3 Å². The van der Waals surface area contributed by atoms with Gasteiger partial charge in [0.05, 0.1) is 20.0 Å². The molecule has 0 saturated heterocycles. The number of benzene rings is 2. The number of carboxylic acid groups (broad SMARTS) is 1. The van der Waals surface area contributed by atoms with Gasteiger partial charge in [-0.2, -0.15) is 0 Å². The Balaban J connectivity index is 1.59. The molecule has 0 saturated carbocycles. The van der Waals surface area contributed by atoms with Crippen LogP contribution in [0.5, 0.6) is 11.5 Å². The highest BCUT2D eigenvalue weighted by Crippen LogP contribution is 2.38. The molecule has 0 radical (unpaired) electrons. The Morgan fingerprint density at radius 1 is 1.16 bits per heavy atom. The van der Waals surface area contributed by atoms with Crippen molar-refractivity contribution in [1.82, 2.24) is 20.3 Å². The Bertz CT molecular complexity index is 1340. The molecule has 0 aliphatic rings. The molecule has 0 aliphatic heterocycles. The average molecular weight is 564 g/mol. The molecule has 2 heterocycles. The van der Waals surface area contributed by atoms with Crippen LogP contribution in [-0.4, -0.2) is 38.5 Å². The zero-order valence-corrected chi connectivity index (χ0v) is 20.0. The highest BCUT2D eigenvalue weighted by Gasteiger charge is 2.17. The highest BCUT2D eigenvalue weighted by atomic mass is 79.9. The van der Waals surface area contributed by atoms with Gasteiger partial charge >= 0.3 is 5.97 Å². The molecule has 3 N–H and O–H groups in total. The van der Waals surface area contributed by atoms with Gasteiger partial charge < -0.3 is 24.6 Å². The molecule has 164 valence electrons. The minimum atomic E-state index is -1.12. The van der Waals surface area contributed by atoms with E-state index in [9.17, 15) is 9.59 Å². The molecule has 4 rings (SSSR count). The number of halogens is 2. The van der Waals surface area contributed by atoms with E-state index in [0.717, 1.165) is 5.52 Å². The summed E-state index contributed by atoms with van der Waals surface area (Å²) in [4.78, 5) is 35.0. The van der Waals surface area contributed by atoms with E-state index in [1.165, 1.54) is 0 Å². The number of hydrogen-bond donors (Lipinski definition) is 3. The van der Waals surface area contributed by atoms with E-state index >= 15 is 0 Å². The Hall–Kier alpha value is -3.18. The molecule has 0 fully saturated rings. The van der Waals surface area contributed by atoms with Crippen molar-refractivity contribution in [3.8, 4) is 23.0 Å². The second-order valence-corrected chi connectivity index (χ2v) is 8.56. The molecule has 0 atom stereocenters. The van der Waals surface area contributed by atoms with Gasteiger partial charge in [0.1, 0.15) is 23.7 Å². The molecule has 0 bridgehead atoms. The normalized spacial score (nSPS) is 11.0. The summed E-state index contributed by atoms with van der Waals surface area (Å²) in [6, 6.07) is 8.52. The summed E-state index contributed by atoms with van der Waals surface area (Å²) in [6.45, 7) is 3.14. The van der Waals surface area contributed by atoms with Crippen molar-refractivity contribution >= 4 is 54.8 Å². The number of ether oxygens (including phenoxy) is 1. The third-order valence-corrected chi connectivity index (χ3v) is 5.64. The van der Waals surface area contributed by atoms with Crippen LogP contribution in [0.15, 0.2) is 43.7 Å². The van der Waals surface area contributed by atoms with Crippen molar-refractivity contribution in [1.29, 1.82) is 0 Å². The van der Waals surface area contributed by atoms with Gasteiger partial charge in [-0.15, -0.1) is 0 Å². The number of imidazole rings is 1. The third-order valence-electron chi connectivity index (χ3n) is 4.46. The van der Waals surface area contributed by atoms with Crippen LogP contribution in [0.25, 0.3) is 22.6 Å². The molecule has 1 amide bonds. The summed E-state index contributed by atoms with van der Waals surface area (Å²) in [7, 11) is 0. The van der Waals surface area contributed by atoms with E-state index in [-0.39, 0.29) is 5.56 Å². The molecular weight excluding hydrogens is 548 g/mol. The number of aromatic amines is 1. The number of aryl methyl sites for hydroxylation is 2.